The number of para-hydroxylation sites is 1. The van der Waals surface area contributed by atoms with Gasteiger partial charge in [0.05, 0.1) is 6.42 Å². The smallest absolute Gasteiger partial charge is 0.240 e. The molecule has 0 bridgehead atoms. The van der Waals surface area contributed by atoms with Gasteiger partial charge in [0, 0.05) is 11.7 Å². The van der Waals surface area contributed by atoms with E-state index >= 15 is 0 Å². The molecule has 0 saturated carbocycles. The molecule has 1 atom stereocenters. The molecule has 1 unspecified atom stereocenters. The number of nitrogens with two attached hydrogens (primary N) is 1. The Hall–Kier alpha value is -2.04. The third-order valence-corrected chi connectivity index (χ3v) is 2.30. The first-order valence-electron chi connectivity index (χ1n) is 5.89. The summed E-state index contributed by atoms with van der Waals surface area (Å²) in [6.07, 6.45) is 0.0302. The number of anilines is 1. The highest BCUT2D eigenvalue weighted by molar-refractivity contribution is 5.89. The molecular weight excluding hydrogens is 230 g/mol. The highest BCUT2D eigenvalue weighted by Crippen LogP contribution is 2.08. The van der Waals surface area contributed by atoms with Crippen LogP contribution in [0.5, 0.6) is 0 Å². The number of carbonyl (C=O) groups is 2. The Bertz CT molecular complexity index is 404. The molecule has 1 aromatic carbocycles. The number of nitrogens with one attached hydrogen (secondary N) is 2. The van der Waals surface area contributed by atoms with Crippen LogP contribution in [0, 0.1) is 0 Å². The molecule has 4 N–H and O–H groups in total. The Morgan fingerprint density at radius 3 is 2.33 bits per heavy atom. The Morgan fingerprint density at radius 2 is 1.83 bits per heavy atom. The van der Waals surface area contributed by atoms with Crippen molar-refractivity contribution in [3.05, 3.63) is 30.3 Å². The van der Waals surface area contributed by atoms with Gasteiger partial charge in [-0.05, 0) is 26.0 Å². The summed E-state index contributed by atoms with van der Waals surface area (Å²) in [5, 5.41) is 5.67. The average molecular weight is 249 g/mol. The molecule has 0 saturated heterocycles. The minimum absolute atomic E-state index is 0.0302. The van der Waals surface area contributed by atoms with Gasteiger partial charge in [0.2, 0.25) is 11.8 Å². The number of primary amides is 1. The van der Waals surface area contributed by atoms with Crippen LogP contribution >= 0.6 is 0 Å². The molecule has 0 aliphatic carbocycles. The van der Waals surface area contributed by atoms with E-state index in [4.69, 9.17) is 5.73 Å². The molecule has 98 valence electrons. The summed E-state index contributed by atoms with van der Waals surface area (Å²) in [6, 6.07) is 8.53. The second-order valence-corrected chi connectivity index (χ2v) is 4.39. The van der Waals surface area contributed by atoms with Crippen molar-refractivity contribution in [2.24, 2.45) is 5.73 Å². The maximum Gasteiger partial charge on any atom is 0.240 e. The van der Waals surface area contributed by atoms with E-state index in [1.165, 1.54) is 0 Å². The van der Waals surface area contributed by atoms with Crippen molar-refractivity contribution in [3.8, 4) is 0 Å². The second-order valence-electron chi connectivity index (χ2n) is 4.39. The minimum Gasteiger partial charge on any atom is -0.373 e. The van der Waals surface area contributed by atoms with Gasteiger partial charge in [-0.2, -0.15) is 0 Å². The number of amides is 2. The standard InChI is InChI=1S/C13H19N3O2/c1-9(2)15-12(17)8-11(13(14)18)16-10-6-4-3-5-7-10/h3-7,9,11,16H,8H2,1-2H3,(H2,14,18)(H,15,17). The van der Waals surface area contributed by atoms with Gasteiger partial charge in [-0.25, -0.2) is 0 Å². The van der Waals surface area contributed by atoms with Gasteiger partial charge in [-0.1, -0.05) is 18.2 Å². The molecule has 0 spiro atoms. The molecule has 2 amide bonds. The van der Waals surface area contributed by atoms with E-state index in [2.05, 4.69) is 10.6 Å². The lowest BCUT2D eigenvalue weighted by molar-refractivity contribution is -0.125. The molecule has 1 aromatic rings. The van der Waals surface area contributed by atoms with Crippen LogP contribution in [0.25, 0.3) is 0 Å². The van der Waals surface area contributed by atoms with Crippen molar-refractivity contribution in [2.45, 2.75) is 32.4 Å². The lowest BCUT2D eigenvalue weighted by atomic mass is 10.1. The fourth-order valence-electron chi connectivity index (χ4n) is 1.52. The van der Waals surface area contributed by atoms with E-state index < -0.39 is 11.9 Å². The van der Waals surface area contributed by atoms with E-state index in [1.54, 1.807) is 0 Å². The molecule has 5 heteroatoms. The fourth-order valence-corrected chi connectivity index (χ4v) is 1.52. The number of rotatable bonds is 6. The summed E-state index contributed by atoms with van der Waals surface area (Å²) in [5.74, 6) is -0.741. The van der Waals surface area contributed by atoms with Crippen molar-refractivity contribution in [1.82, 2.24) is 5.32 Å². The van der Waals surface area contributed by atoms with Crippen LogP contribution in [-0.2, 0) is 9.59 Å². The molecule has 0 aromatic heterocycles. The molecule has 18 heavy (non-hydrogen) atoms. The van der Waals surface area contributed by atoms with Gasteiger partial charge in [0.15, 0.2) is 0 Å². The Kier molecular flexibility index (Phi) is 5.17. The van der Waals surface area contributed by atoms with Crippen molar-refractivity contribution in [3.63, 3.8) is 0 Å². The lowest BCUT2D eigenvalue weighted by Crippen LogP contribution is -2.41. The van der Waals surface area contributed by atoms with E-state index in [9.17, 15) is 9.59 Å². The quantitative estimate of drug-likeness (QED) is 0.699. The summed E-state index contributed by atoms with van der Waals surface area (Å²) < 4.78 is 0. The fraction of sp³-hybridized carbons (Fsp3) is 0.385. The Labute approximate surface area is 107 Å². The van der Waals surface area contributed by atoms with Gasteiger partial charge < -0.3 is 16.4 Å². The SMILES string of the molecule is CC(C)NC(=O)CC(Nc1ccccc1)C(N)=O. The molecular formula is C13H19N3O2. The topological polar surface area (TPSA) is 84.2 Å². The van der Waals surface area contributed by atoms with Crippen LogP contribution < -0.4 is 16.4 Å². The van der Waals surface area contributed by atoms with Crippen LogP contribution in [0.15, 0.2) is 30.3 Å². The van der Waals surface area contributed by atoms with Crippen molar-refractivity contribution < 1.29 is 9.59 Å². The summed E-state index contributed by atoms with van der Waals surface area (Å²) in [4.78, 5) is 22.9. The molecule has 0 aliphatic heterocycles. The van der Waals surface area contributed by atoms with Gasteiger partial charge in [-0.15, -0.1) is 0 Å². The van der Waals surface area contributed by atoms with Gasteiger partial charge >= 0.3 is 0 Å². The Balaban J connectivity index is 2.61. The average Bonchev–Trinajstić information content (AvgIpc) is 2.28. The molecule has 5 nitrogen and oxygen atoms in total. The highest BCUT2D eigenvalue weighted by Gasteiger charge is 2.19. The van der Waals surface area contributed by atoms with Crippen LogP contribution in [0.1, 0.15) is 20.3 Å². The first-order valence-corrected chi connectivity index (χ1v) is 5.89. The van der Waals surface area contributed by atoms with Crippen molar-refractivity contribution in [1.29, 1.82) is 0 Å². The van der Waals surface area contributed by atoms with Crippen LogP contribution in [0.4, 0.5) is 5.69 Å². The first kappa shape index (κ1) is 14.0. The van der Waals surface area contributed by atoms with Crippen LogP contribution in [-0.4, -0.2) is 23.9 Å². The van der Waals surface area contributed by atoms with Crippen molar-refractivity contribution in [2.75, 3.05) is 5.32 Å². The van der Waals surface area contributed by atoms with Crippen LogP contribution in [0.3, 0.4) is 0 Å². The van der Waals surface area contributed by atoms with Crippen LogP contribution in [0.2, 0.25) is 0 Å². The summed E-state index contributed by atoms with van der Waals surface area (Å²) in [7, 11) is 0. The zero-order chi connectivity index (χ0) is 13.5. The zero-order valence-corrected chi connectivity index (χ0v) is 10.6. The van der Waals surface area contributed by atoms with E-state index in [-0.39, 0.29) is 18.4 Å². The normalized spacial score (nSPS) is 11.9. The maximum atomic E-state index is 11.6. The van der Waals surface area contributed by atoms with Gasteiger partial charge in [0.1, 0.15) is 6.04 Å². The predicted octanol–water partition coefficient (Wildman–Crippen LogP) is 0.867. The lowest BCUT2D eigenvalue weighted by Gasteiger charge is -2.17. The molecule has 0 fully saturated rings. The minimum atomic E-state index is -0.703. The van der Waals surface area contributed by atoms with E-state index in [0.717, 1.165) is 5.69 Å². The number of hydrogen-bond donors (Lipinski definition) is 3. The number of hydrogen-bond acceptors (Lipinski definition) is 3. The summed E-state index contributed by atoms with van der Waals surface area (Å²) in [5.41, 5.74) is 6.04. The summed E-state index contributed by atoms with van der Waals surface area (Å²) >= 11 is 0. The maximum absolute atomic E-state index is 11.6. The third-order valence-electron chi connectivity index (χ3n) is 2.30. The molecule has 1 rings (SSSR count). The van der Waals surface area contributed by atoms with Gasteiger partial charge in [-0.3, -0.25) is 9.59 Å². The van der Waals surface area contributed by atoms with Crippen molar-refractivity contribution >= 4 is 17.5 Å². The second kappa shape index (κ2) is 6.64. The number of benzene rings is 1. The predicted molar refractivity (Wildman–Crippen MR) is 70.9 cm³/mol. The summed E-state index contributed by atoms with van der Waals surface area (Å²) in [6.45, 7) is 3.73. The highest BCUT2D eigenvalue weighted by atomic mass is 16.2. The monoisotopic (exact) mass is 249 g/mol. The number of carbonyl (C=O) groups excluding carboxylic acids is 2. The first-order chi connectivity index (χ1) is 8.49. The van der Waals surface area contributed by atoms with E-state index in [0.29, 0.717) is 0 Å². The molecule has 0 heterocycles. The molecule has 0 radical (unpaired) electrons. The zero-order valence-electron chi connectivity index (χ0n) is 10.6. The Morgan fingerprint density at radius 1 is 1.22 bits per heavy atom. The van der Waals surface area contributed by atoms with Gasteiger partial charge in [0.25, 0.3) is 0 Å². The molecule has 0 aliphatic rings. The third kappa shape index (κ3) is 4.86. The largest absolute Gasteiger partial charge is 0.373 e. The van der Waals surface area contributed by atoms with E-state index in [1.807, 2.05) is 44.2 Å².